The lowest BCUT2D eigenvalue weighted by Crippen LogP contribution is -2.43. The van der Waals surface area contributed by atoms with E-state index >= 15 is 0 Å². The Morgan fingerprint density at radius 2 is 1.04 bits per heavy atom. The van der Waals surface area contributed by atoms with Crippen molar-refractivity contribution in [3.63, 3.8) is 0 Å². The SMILES string of the molecule is CCCCCCCCCCCCCCC[C@H](N)[C@H](CC)N(C)C. The van der Waals surface area contributed by atoms with Gasteiger partial charge in [-0.25, -0.2) is 0 Å². The van der Waals surface area contributed by atoms with Gasteiger partial charge in [0.05, 0.1) is 0 Å². The quantitative estimate of drug-likeness (QED) is 0.325. The zero-order valence-electron chi connectivity index (χ0n) is 16.8. The second kappa shape index (κ2) is 16.8. The van der Waals surface area contributed by atoms with Gasteiger partial charge in [-0.3, -0.25) is 0 Å². The van der Waals surface area contributed by atoms with Crippen LogP contribution in [0.15, 0.2) is 0 Å². The molecule has 0 aromatic rings. The van der Waals surface area contributed by atoms with Gasteiger partial charge in [-0.15, -0.1) is 0 Å². The zero-order valence-corrected chi connectivity index (χ0v) is 16.8. The third-order valence-electron chi connectivity index (χ3n) is 5.22. The summed E-state index contributed by atoms with van der Waals surface area (Å²) in [6.45, 7) is 4.53. The van der Waals surface area contributed by atoms with Crippen molar-refractivity contribution in [3.8, 4) is 0 Å². The first kappa shape index (κ1) is 22.9. The molecule has 0 unspecified atom stereocenters. The topological polar surface area (TPSA) is 29.3 Å². The number of hydrogen-bond donors (Lipinski definition) is 1. The first-order valence-corrected chi connectivity index (χ1v) is 10.6. The van der Waals surface area contributed by atoms with Crippen molar-refractivity contribution in [1.82, 2.24) is 4.90 Å². The minimum Gasteiger partial charge on any atom is -0.326 e. The van der Waals surface area contributed by atoms with Crippen LogP contribution in [0.3, 0.4) is 0 Å². The lowest BCUT2D eigenvalue weighted by atomic mass is 9.98. The summed E-state index contributed by atoms with van der Waals surface area (Å²) in [4.78, 5) is 2.28. The van der Waals surface area contributed by atoms with Crippen molar-refractivity contribution in [2.75, 3.05) is 14.1 Å². The summed E-state index contributed by atoms with van der Waals surface area (Å²) >= 11 is 0. The van der Waals surface area contributed by atoms with Crippen LogP contribution in [0.4, 0.5) is 0 Å². The zero-order chi connectivity index (χ0) is 17.3. The van der Waals surface area contributed by atoms with E-state index in [0.29, 0.717) is 12.1 Å². The molecule has 0 aliphatic heterocycles. The molecule has 0 saturated carbocycles. The van der Waals surface area contributed by atoms with Crippen LogP contribution in [0, 0.1) is 0 Å². The monoisotopic (exact) mass is 326 g/mol. The Bertz CT molecular complexity index is 228. The summed E-state index contributed by atoms with van der Waals surface area (Å²) < 4.78 is 0. The second-order valence-electron chi connectivity index (χ2n) is 7.63. The van der Waals surface area contributed by atoms with Gasteiger partial charge in [0.1, 0.15) is 0 Å². The number of nitrogens with zero attached hydrogens (tertiary/aromatic N) is 1. The maximum Gasteiger partial charge on any atom is 0.0238 e. The van der Waals surface area contributed by atoms with Gasteiger partial charge in [-0.05, 0) is 26.9 Å². The van der Waals surface area contributed by atoms with E-state index in [-0.39, 0.29) is 0 Å². The van der Waals surface area contributed by atoms with E-state index in [4.69, 9.17) is 5.73 Å². The maximum atomic E-state index is 6.33. The average Bonchev–Trinajstić information content (AvgIpc) is 2.52. The van der Waals surface area contributed by atoms with Gasteiger partial charge in [0.15, 0.2) is 0 Å². The van der Waals surface area contributed by atoms with Crippen LogP contribution in [0.25, 0.3) is 0 Å². The number of likely N-dealkylation sites (N-methyl/N-ethyl adjacent to an activating group) is 1. The highest BCUT2D eigenvalue weighted by molar-refractivity contribution is 4.77. The highest BCUT2D eigenvalue weighted by Crippen LogP contribution is 2.15. The summed E-state index contributed by atoms with van der Waals surface area (Å²) in [5.41, 5.74) is 6.33. The number of rotatable bonds is 17. The summed E-state index contributed by atoms with van der Waals surface area (Å²) in [6, 6.07) is 0.898. The Labute approximate surface area is 147 Å². The van der Waals surface area contributed by atoms with Crippen LogP contribution < -0.4 is 5.73 Å². The molecule has 0 radical (unpaired) electrons. The molecule has 0 aliphatic rings. The minimum atomic E-state index is 0.350. The third-order valence-corrected chi connectivity index (χ3v) is 5.22. The molecule has 2 N–H and O–H groups in total. The smallest absolute Gasteiger partial charge is 0.0238 e. The first-order valence-electron chi connectivity index (χ1n) is 10.6. The molecule has 0 heterocycles. The average molecular weight is 327 g/mol. The van der Waals surface area contributed by atoms with Crippen molar-refractivity contribution < 1.29 is 0 Å². The van der Waals surface area contributed by atoms with E-state index in [1.54, 1.807) is 0 Å². The van der Waals surface area contributed by atoms with Crippen LogP contribution in [0.2, 0.25) is 0 Å². The van der Waals surface area contributed by atoms with Crippen molar-refractivity contribution in [2.45, 2.75) is 122 Å². The predicted octanol–water partition coefficient (Wildman–Crippen LogP) is 6.14. The van der Waals surface area contributed by atoms with Gasteiger partial charge in [0.2, 0.25) is 0 Å². The molecule has 0 rings (SSSR count). The first-order chi connectivity index (χ1) is 11.1. The summed E-state index contributed by atoms with van der Waals surface area (Å²) in [6.07, 6.45) is 20.8. The van der Waals surface area contributed by atoms with Gasteiger partial charge in [-0.2, -0.15) is 0 Å². The van der Waals surface area contributed by atoms with Gasteiger partial charge in [-0.1, -0.05) is 97.3 Å². The normalized spacial score (nSPS) is 14.3. The summed E-state index contributed by atoms with van der Waals surface area (Å²) in [5.74, 6) is 0. The molecule has 2 nitrogen and oxygen atoms in total. The van der Waals surface area contributed by atoms with E-state index < -0.39 is 0 Å². The fourth-order valence-corrected chi connectivity index (χ4v) is 3.64. The van der Waals surface area contributed by atoms with Crippen LogP contribution in [0.5, 0.6) is 0 Å². The van der Waals surface area contributed by atoms with Crippen LogP contribution >= 0.6 is 0 Å². The molecule has 0 aliphatic carbocycles. The third kappa shape index (κ3) is 14.0. The Kier molecular flexibility index (Phi) is 16.7. The fraction of sp³-hybridized carbons (Fsp3) is 1.00. The largest absolute Gasteiger partial charge is 0.326 e. The van der Waals surface area contributed by atoms with Crippen molar-refractivity contribution in [2.24, 2.45) is 5.73 Å². The predicted molar refractivity (Wildman–Crippen MR) is 106 cm³/mol. The highest BCUT2D eigenvalue weighted by Gasteiger charge is 2.17. The minimum absolute atomic E-state index is 0.350. The van der Waals surface area contributed by atoms with Gasteiger partial charge >= 0.3 is 0 Å². The van der Waals surface area contributed by atoms with E-state index in [1.807, 2.05) is 0 Å². The maximum absolute atomic E-state index is 6.33. The molecule has 140 valence electrons. The fourth-order valence-electron chi connectivity index (χ4n) is 3.64. The molecule has 0 bridgehead atoms. The molecule has 23 heavy (non-hydrogen) atoms. The Morgan fingerprint density at radius 1 is 0.652 bits per heavy atom. The van der Waals surface area contributed by atoms with E-state index in [0.717, 1.165) is 6.42 Å². The molecular weight excluding hydrogens is 280 g/mol. The van der Waals surface area contributed by atoms with Crippen LogP contribution in [-0.2, 0) is 0 Å². The molecule has 2 heteroatoms. The van der Waals surface area contributed by atoms with Crippen molar-refractivity contribution in [3.05, 3.63) is 0 Å². The molecule has 2 atom stereocenters. The Hall–Kier alpha value is -0.0800. The number of hydrogen-bond acceptors (Lipinski definition) is 2. The summed E-state index contributed by atoms with van der Waals surface area (Å²) in [5, 5.41) is 0. The Morgan fingerprint density at radius 3 is 1.39 bits per heavy atom. The molecule has 0 aromatic carbocycles. The Balaban J connectivity index is 3.27. The van der Waals surface area contributed by atoms with Crippen molar-refractivity contribution in [1.29, 1.82) is 0 Å². The second-order valence-corrected chi connectivity index (χ2v) is 7.63. The van der Waals surface area contributed by atoms with Gasteiger partial charge in [0.25, 0.3) is 0 Å². The molecule has 0 amide bonds. The standard InChI is InChI=1S/C21H46N2/c1-5-7-8-9-10-11-12-13-14-15-16-17-18-19-20(22)21(6-2)23(3)4/h20-21H,5-19,22H2,1-4H3/t20-,21-/m0/s1. The molecule has 0 aromatic heterocycles. The van der Waals surface area contributed by atoms with Gasteiger partial charge in [0, 0.05) is 12.1 Å². The number of nitrogens with two attached hydrogens (primary N) is 1. The lowest BCUT2D eigenvalue weighted by Gasteiger charge is -2.29. The lowest BCUT2D eigenvalue weighted by molar-refractivity contribution is 0.236. The van der Waals surface area contributed by atoms with E-state index in [2.05, 4.69) is 32.8 Å². The highest BCUT2D eigenvalue weighted by atomic mass is 15.1. The molecular formula is C21H46N2. The molecule has 0 fully saturated rings. The number of unbranched alkanes of at least 4 members (excludes halogenated alkanes) is 12. The summed E-state index contributed by atoms with van der Waals surface area (Å²) in [7, 11) is 4.30. The van der Waals surface area contributed by atoms with Crippen LogP contribution in [-0.4, -0.2) is 31.1 Å². The van der Waals surface area contributed by atoms with Crippen molar-refractivity contribution >= 4 is 0 Å². The van der Waals surface area contributed by atoms with E-state index in [1.165, 1.54) is 89.9 Å². The van der Waals surface area contributed by atoms with Crippen LogP contribution in [0.1, 0.15) is 110 Å². The molecule has 0 spiro atoms. The molecule has 0 saturated heterocycles. The van der Waals surface area contributed by atoms with Gasteiger partial charge < -0.3 is 10.6 Å². The van der Waals surface area contributed by atoms with E-state index in [9.17, 15) is 0 Å².